The summed E-state index contributed by atoms with van der Waals surface area (Å²) >= 11 is 0. The van der Waals surface area contributed by atoms with Crippen LogP contribution in [0.4, 0.5) is 10.5 Å². The van der Waals surface area contributed by atoms with Crippen molar-refractivity contribution in [2.75, 3.05) is 11.9 Å². The van der Waals surface area contributed by atoms with Gasteiger partial charge in [-0.3, -0.25) is 4.79 Å². The minimum Gasteiger partial charge on any atom is -0.494 e. The van der Waals surface area contributed by atoms with Gasteiger partial charge in [0, 0.05) is 5.69 Å². The summed E-state index contributed by atoms with van der Waals surface area (Å²) in [6, 6.07) is 4.36. The number of carbonyl (C=O) groups excluding carboxylic acids is 2. The molecular weight excluding hydrogens is 306 g/mol. The number of hydrogen-bond donors (Lipinski definition) is 3. The Labute approximate surface area is 144 Å². The molecule has 134 valence electrons. The third kappa shape index (κ3) is 6.10. The van der Waals surface area contributed by atoms with Gasteiger partial charge in [-0.15, -0.1) is 0 Å². The van der Waals surface area contributed by atoms with Crippen LogP contribution in [0.15, 0.2) is 18.2 Å². The largest absolute Gasteiger partial charge is 0.494 e. The summed E-state index contributed by atoms with van der Waals surface area (Å²) in [5, 5.41) is 5.40. The topological polar surface area (TPSA) is 93.4 Å². The predicted octanol–water partition coefficient (Wildman–Crippen LogP) is 3.20. The first kappa shape index (κ1) is 19.8. The number of carbonyl (C=O) groups is 2. The Morgan fingerprint density at radius 2 is 2.00 bits per heavy atom. The fourth-order valence-corrected chi connectivity index (χ4v) is 2.23. The molecule has 0 bridgehead atoms. The molecule has 4 N–H and O–H groups in total. The Bertz CT molecular complexity index is 560. The van der Waals surface area contributed by atoms with Gasteiger partial charge in [0.1, 0.15) is 11.8 Å². The highest BCUT2D eigenvalue weighted by molar-refractivity contribution is 5.94. The third-order valence-corrected chi connectivity index (χ3v) is 4.02. The molecule has 3 amide bonds. The minimum absolute atomic E-state index is 0.0244. The van der Waals surface area contributed by atoms with Crippen molar-refractivity contribution in [1.29, 1.82) is 0 Å². The molecule has 6 nitrogen and oxygen atoms in total. The van der Waals surface area contributed by atoms with Gasteiger partial charge in [0.15, 0.2) is 0 Å². The molecule has 1 aromatic rings. The van der Waals surface area contributed by atoms with E-state index in [4.69, 9.17) is 10.5 Å². The standard InChI is InChI=1S/C18H29N3O3/c1-5-7-10-24-14-8-9-15(13(4)11-14)20-18(23)21-16(17(19)22)12(3)6-2/h8-9,11-12,16H,5-7,10H2,1-4H3,(H2,19,22)(H2,20,21,23)/t12-,16+/m1/s1. The third-order valence-electron chi connectivity index (χ3n) is 4.02. The van der Waals surface area contributed by atoms with Gasteiger partial charge in [-0.05, 0) is 43.0 Å². The van der Waals surface area contributed by atoms with E-state index in [0.717, 1.165) is 30.6 Å². The monoisotopic (exact) mass is 335 g/mol. The SMILES string of the molecule is CCCCOc1ccc(NC(=O)N[C@H](C(N)=O)[C@H](C)CC)c(C)c1. The number of rotatable bonds is 9. The molecule has 0 unspecified atom stereocenters. The van der Waals surface area contributed by atoms with Gasteiger partial charge in [-0.2, -0.15) is 0 Å². The van der Waals surface area contributed by atoms with Crippen molar-refractivity contribution in [3.63, 3.8) is 0 Å². The molecule has 0 radical (unpaired) electrons. The average Bonchev–Trinajstić information content (AvgIpc) is 2.54. The lowest BCUT2D eigenvalue weighted by Gasteiger charge is -2.21. The van der Waals surface area contributed by atoms with E-state index in [1.54, 1.807) is 6.07 Å². The van der Waals surface area contributed by atoms with E-state index < -0.39 is 18.0 Å². The number of aryl methyl sites for hydroxylation is 1. The first-order valence-corrected chi connectivity index (χ1v) is 8.49. The van der Waals surface area contributed by atoms with E-state index in [1.807, 2.05) is 32.9 Å². The van der Waals surface area contributed by atoms with Gasteiger partial charge in [0.25, 0.3) is 0 Å². The summed E-state index contributed by atoms with van der Waals surface area (Å²) in [4.78, 5) is 23.6. The van der Waals surface area contributed by atoms with Crippen LogP contribution >= 0.6 is 0 Å². The van der Waals surface area contributed by atoms with Crippen LogP contribution < -0.4 is 21.1 Å². The summed E-state index contributed by atoms with van der Waals surface area (Å²) in [5.41, 5.74) is 6.92. The molecule has 2 atom stereocenters. The van der Waals surface area contributed by atoms with Gasteiger partial charge < -0.3 is 21.1 Å². The maximum Gasteiger partial charge on any atom is 0.319 e. The lowest BCUT2D eigenvalue weighted by Crippen LogP contribution is -2.49. The number of urea groups is 1. The number of unbranched alkanes of at least 4 members (excludes halogenated alkanes) is 1. The fraction of sp³-hybridized carbons (Fsp3) is 0.556. The fourth-order valence-electron chi connectivity index (χ4n) is 2.23. The molecule has 1 aromatic carbocycles. The van der Waals surface area contributed by atoms with Crippen molar-refractivity contribution < 1.29 is 14.3 Å². The van der Waals surface area contributed by atoms with Gasteiger partial charge in [0.05, 0.1) is 6.61 Å². The Balaban J connectivity index is 2.67. The number of ether oxygens (including phenoxy) is 1. The van der Waals surface area contributed by atoms with Gasteiger partial charge in [-0.25, -0.2) is 4.79 Å². The highest BCUT2D eigenvalue weighted by Gasteiger charge is 2.23. The molecule has 0 spiro atoms. The molecule has 0 aliphatic heterocycles. The van der Waals surface area contributed by atoms with E-state index in [2.05, 4.69) is 17.6 Å². The number of amides is 3. The number of benzene rings is 1. The van der Waals surface area contributed by atoms with E-state index >= 15 is 0 Å². The van der Waals surface area contributed by atoms with Crippen molar-refractivity contribution in [3.05, 3.63) is 23.8 Å². The molecule has 24 heavy (non-hydrogen) atoms. The lowest BCUT2D eigenvalue weighted by molar-refractivity contribution is -0.120. The Kier molecular flexibility index (Phi) is 8.09. The highest BCUT2D eigenvalue weighted by atomic mass is 16.5. The lowest BCUT2D eigenvalue weighted by atomic mass is 9.99. The number of nitrogens with one attached hydrogen (secondary N) is 2. The summed E-state index contributed by atoms with van der Waals surface area (Å²) in [7, 11) is 0. The normalized spacial score (nSPS) is 13.0. The molecule has 0 aliphatic rings. The van der Waals surface area contributed by atoms with Crippen LogP contribution in [0.2, 0.25) is 0 Å². The number of hydrogen-bond acceptors (Lipinski definition) is 3. The Morgan fingerprint density at radius 3 is 2.54 bits per heavy atom. The van der Waals surface area contributed by atoms with E-state index in [1.165, 1.54) is 0 Å². The van der Waals surface area contributed by atoms with Crippen LogP contribution in [-0.4, -0.2) is 24.6 Å². The molecule has 0 fully saturated rings. The number of primary amides is 1. The van der Waals surface area contributed by atoms with Crippen molar-refractivity contribution >= 4 is 17.6 Å². The second kappa shape index (κ2) is 9.80. The first-order chi connectivity index (χ1) is 11.4. The van der Waals surface area contributed by atoms with Crippen LogP contribution in [0.3, 0.4) is 0 Å². The summed E-state index contributed by atoms with van der Waals surface area (Å²) in [6.45, 7) is 8.50. The molecular formula is C18H29N3O3. The zero-order chi connectivity index (χ0) is 18.1. The summed E-state index contributed by atoms with van der Waals surface area (Å²) in [5.74, 6) is 0.223. The minimum atomic E-state index is -0.688. The molecule has 0 aliphatic carbocycles. The maximum absolute atomic E-state index is 12.1. The van der Waals surface area contributed by atoms with Crippen molar-refractivity contribution in [2.45, 2.75) is 53.0 Å². The molecule has 0 saturated carbocycles. The van der Waals surface area contributed by atoms with Gasteiger partial charge >= 0.3 is 6.03 Å². The number of anilines is 1. The van der Waals surface area contributed by atoms with Crippen molar-refractivity contribution in [3.8, 4) is 5.75 Å². The van der Waals surface area contributed by atoms with Crippen LogP contribution in [0.25, 0.3) is 0 Å². The first-order valence-electron chi connectivity index (χ1n) is 8.49. The molecule has 0 aromatic heterocycles. The zero-order valence-electron chi connectivity index (χ0n) is 15.0. The van der Waals surface area contributed by atoms with Crippen LogP contribution in [0.5, 0.6) is 5.75 Å². The molecule has 6 heteroatoms. The van der Waals surface area contributed by atoms with Crippen LogP contribution in [0.1, 0.15) is 45.6 Å². The smallest absolute Gasteiger partial charge is 0.319 e. The summed E-state index contributed by atoms with van der Waals surface area (Å²) < 4.78 is 5.64. The van der Waals surface area contributed by atoms with E-state index in [-0.39, 0.29) is 5.92 Å². The Hall–Kier alpha value is -2.24. The second-order valence-electron chi connectivity index (χ2n) is 6.04. The average molecular weight is 335 g/mol. The predicted molar refractivity (Wildman–Crippen MR) is 96.2 cm³/mol. The van der Waals surface area contributed by atoms with Crippen molar-refractivity contribution in [1.82, 2.24) is 5.32 Å². The molecule has 1 rings (SSSR count). The van der Waals surface area contributed by atoms with Gasteiger partial charge in [-0.1, -0.05) is 33.6 Å². The van der Waals surface area contributed by atoms with Crippen LogP contribution in [-0.2, 0) is 4.79 Å². The van der Waals surface area contributed by atoms with E-state index in [0.29, 0.717) is 12.3 Å². The second-order valence-corrected chi connectivity index (χ2v) is 6.04. The zero-order valence-corrected chi connectivity index (χ0v) is 15.0. The molecule has 0 saturated heterocycles. The maximum atomic E-state index is 12.1. The van der Waals surface area contributed by atoms with Crippen molar-refractivity contribution in [2.24, 2.45) is 11.7 Å². The Morgan fingerprint density at radius 1 is 1.29 bits per heavy atom. The quantitative estimate of drug-likeness (QED) is 0.605. The number of nitrogens with two attached hydrogens (primary N) is 1. The van der Waals surface area contributed by atoms with Gasteiger partial charge in [0.2, 0.25) is 5.91 Å². The van der Waals surface area contributed by atoms with Crippen LogP contribution in [0, 0.1) is 12.8 Å². The summed E-state index contributed by atoms with van der Waals surface area (Å²) in [6.07, 6.45) is 2.83. The highest BCUT2D eigenvalue weighted by Crippen LogP contribution is 2.21. The van der Waals surface area contributed by atoms with E-state index in [9.17, 15) is 9.59 Å². The molecule has 0 heterocycles.